The van der Waals surface area contributed by atoms with Gasteiger partial charge in [0.15, 0.2) is 5.13 Å². The maximum atomic E-state index is 11.6. The van der Waals surface area contributed by atoms with Gasteiger partial charge in [-0.2, -0.15) is 0 Å². The van der Waals surface area contributed by atoms with Crippen molar-refractivity contribution in [2.75, 3.05) is 25.5 Å². The fourth-order valence-electron chi connectivity index (χ4n) is 1.28. The van der Waals surface area contributed by atoms with Gasteiger partial charge in [-0.15, -0.1) is 11.3 Å². The zero-order valence-corrected chi connectivity index (χ0v) is 11.6. The summed E-state index contributed by atoms with van der Waals surface area (Å²) in [4.78, 5) is 17.6. The van der Waals surface area contributed by atoms with Gasteiger partial charge in [-0.25, -0.2) is 9.78 Å². The lowest BCUT2D eigenvalue weighted by Gasteiger charge is -2.13. The van der Waals surface area contributed by atoms with Gasteiger partial charge in [0.05, 0.1) is 5.69 Å². The monoisotopic (exact) mass is 256 g/mol. The maximum Gasteiger partial charge on any atom is 0.323 e. The van der Waals surface area contributed by atoms with Crippen LogP contribution in [0.1, 0.15) is 32.5 Å². The van der Waals surface area contributed by atoms with E-state index in [2.05, 4.69) is 29.5 Å². The van der Waals surface area contributed by atoms with Crippen molar-refractivity contribution in [3.8, 4) is 0 Å². The van der Waals surface area contributed by atoms with E-state index >= 15 is 0 Å². The van der Waals surface area contributed by atoms with E-state index in [0.29, 0.717) is 11.7 Å². The first kappa shape index (κ1) is 13.9. The first-order valence-electron chi connectivity index (χ1n) is 5.79. The minimum Gasteiger partial charge on any atom is -0.328 e. The number of rotatable bonds is 5. The SMILES string of the molecule is CCNC(C)c1csc(NC(=O)N(C)CC)n1. The van der Waals surface area contributed by atoms with Crippen molar-refractivity contribution in [2.24, 2.45) is 0 Å². The molecule has 0 bridgehead atoms. The van der Waals surface area contributed by atoms with E-state index in [1.165, 1.54) is 11.3 Å². The Balaban J connectivity index is 2.59. The highest BCUT2D eigenvalue weighted by Gasteiger charge is 2.12. The van der Waals surface area contributed by atoms with Crippen LogP contribution in [-0.2, 0) is 0 Å². The fraction of sp³-hybridized carbons (Fsp3) is 0.636. The van der Waals surface area contributed by atoms with Crippen LogP contribution in [0.5, 0.6) is 0 Å². The van der Waals surface area contributed by atoms with Crippen LogP contribution in [-0.4, -0.2) is 36.1 Å². The lowest BCUT2D eigenvalue weighted by atomic mass is 10.3. The molecule has 1 atom stereocenters. The van der Waals surface area contributed by atoms with Gasteiger partial charge in [0.25, 0.3) is 0 Å². The molecule has 17 heavy (non-hydrogen) atoms. The summed E-state index contributed by atoms with van der Waals surface area (Å²) in [5, 5.41) is 8.68. The highest BCUT2D eigenvalue weighted by molar-refractivity contribution is 7.13. The molecule has 1 aromatic rings. The third-order valence-corrected chi connectivity index (χ3v) is 3.29. The molecule has 2 amide bonds. The number of urea groups is 1. The van der Waals surface area contributed by atoms with Gasteiger partial charge in [-0.05, 0) is 20.4 Å². The van der Waals surface area contributed by atoms with Crippen molar-refractivity contribution in [3.05, 3.63) is 11.1 Å². The zero-order chi connectivity index (χ0) is 12.8. The number of hydrogen-bond acceptors (Lipinski definition) is 4. The molecule has 0 spiro atoms. The number of aromatic nitrogens is 1. The molecule has 0 saturated carbocycles. The molecule has 1 unspecified atom stereocenters. The normalized spacial score (nSPS) is 12.2. The predicted octanol–water partition coefficient (Wildman–Crippen LogP) is 2.30. The Labute approximate surface area is 106 Å². The molecule has 0 aromatic carbocycles. The van der Waals surface area contributed by atoms with Crippen LogP contribution in [0, 0.1) is 0 Å². The largest absolute Gasteiger partial charge is 0.328 e. The average molecular weight is 256 g/mol. The van der Waals surface area contributed by atoms with Crippen molar-refractivity contribution >= 4 is 22.5 Å². The van der Waals surface area contributed by atoms with Gasteiger partial charge in [-0.1, -0.05) is 6.92 Å². The van der Waals surface area contributed by atoms with Crippen molar-refractivity contribution < 1.29 is 4.79 Å². The molecule has 0 aliphatic rings. The van der Waals surface area contributed by atoms with Gasteiger partial charge >= 0.3 is 6.03 Å². The summed E-state index contributed by atoms with van der Waals surface area (Å²) in [6, 6.07) is 0.0929. The Kier molecular flexibility index (Phi) is 5.37. The van der Waals surface area contributed by atoms with Gasteiger partial charge in [-0.3, -0.25) is 5.32 Å². The van der Waals surface area contributed by atoms with Crippen LogP contribution < -0.4 is 10.6 Å². The highest BCUT2D eigenvalue weighted by atomic mass is 32.1. The number of nitrogens with zero attached hydrogens (tertiary/aromatic N) is 2. The molecule has 0 fully saturated rings. The molecule has 2 N–H and O–H groups in total. The zero-order valence-electron chi connectivity index (χ0n) is 10.8. The number of carbonyl (C=O) groups excluding carboxylic acids is 1. The summed E-state index contributed by atoms with van der Waals surface area (Å²) in [6.07, 6.45) is 0. The van der Waals surface area contributed by atoms with E-state index in [4.69, 9.17) is 0 Å². The molecular weight excluding hydrogens is 236 g/mol. The highest BCUT2D eigenvalue weighted by Crippen LogP contribution is 2.20. The Bertz CT molecular complexity index is 366. The minimum absolute atomic E-state index is 0.121. The van der Waals surface area contributed by atoms with E-state index in [-0.39, 0.29) is 12.1 Å². The third kappa shape index (κ3) is 3.98. The van der Waals surface area contributed by atoms with Gasteiger partial charge in [0, 0.05) is 25.0 Å². The second-order valence-electron chi connectivity index (χ2n) is 3.80. The van der Waals surface area contributed by atoms with Crippen LogP contribution in [0.25, 0.3) is 0 Å². The molecule has 1 heterocycles. The van der Waals surface area contributed by atoms with E-state index < -0.39 is 0 Å². The van der Waals surface area contributed by atoms with Crippen molar-refractivity contribution in [2.45, 2.75) is 26.8 Å². The van der Waals surface area contributed by atoms with E-state index in [1.807, 2.05) is 12.3 Å². The van der Waals surface area contributed by atoms with Crippen LogP contribution in [0.3, 0.4) is 0 Å². The van der Waals surface area contributed by atoms with Gasteiger partial charge in [0.2, 0.25) is 0 Å². The second kappa shape index (κ2) is 6.56. The molecule has 5 nitrogen and oxygen atoms in total. The predicted molar refractivity (Wildman–Crippen MR) is 71.5 cm³/mol. The number of amides is 2. The summed E-state index contributed by atoms with van der Waals surface area (Å²) < 4.78 is 0. The number of carbonyl (C=O) groups is 1. The quantitative estimate of drug-likeness (QED) is 0.850. The van der Waals surface area contributed by atoms with Gasteiger partial charge < -0.3 is 10.2 Å². The lowest BCUT2D eigenvalue weighted by Crippen LogP contribution is -2.30. The minimum atomic E-state index is -0.121. The molecule has 0 saturated heterocycles. The van der Waals surface area contributed by atoms with Gasteiger partial charge in [0.1, 0.15) is 0 Å². The van der Waals surface area contributed by atoms with Crippen LogP contribution in [0.4, 0.5) is 9.93 Å². The summed E-state index contributed by atoms with van der Waals surface area (Å²) in [5.74, 6) is 0. The summed E-state index contributed by atoms with van der Waals surface area (Å²) in [5.41, 5.74) is 0.964. The molecule has 6 heteroatoms. The maximum absolute atomic E-state index is 11.6. The standard InChI is InChI=1S/C11H20N4OS/c1-5-12-8(3)9-7-17-10(13-9)14-11(16)15(4)6-2/h7-8,12H,5-6H2,1-4H3,(H,13,14,16). The topological polar surface area (TPSA) is 57.3 Å². The smallest absolute Gasteiger partial charge is 0.323 e. The second-order valence-corrected chi connectivity index (χ2v) is 4.66. The first-order valence-corrected chi connectivity index (χ1v) is 6.67. The van der Waals surface area contributed by atoms with Crippen LogP contribution in [0.15, 0.2) is 5.38 Å². The molecule has 1 rings (SSSR count). The molecular formula is C11H20N4OS. The summed E-state index contributed by atoms with van der Waals surface area (Å²) >= 11 is 1.45. The summed E-state index contributed by atoms with van der Waals surface area (Å²) in [6.45, 7) is 7.63. The lowest BCUT2D eigenvalue weighted by molar-refractivity contribution is 0.224. The van der Waals surface area contributed by atoms with E-state index in [9.17, 15) is 4.79 Å². The Morgan fingerprint density at radius 2 is 2.29 bits per heavy atom. The number of hydrogen-bond donors (Lipinski definition) is 2. The Morgan fingerprint density at radius 3 is 2.88 bits per heavy atom. The van der Waals surface area contributed by atoms with Crippen molar-refractivity contribution in [1.82, 2.24) is 15.2 Å². The van der Waals surface area contributed by atoms with E-state index in [0.717, 1.165) is 12.2 Å². The number of thiazole rings is 1. The molecule has 0 radical (unpaired) electrons. The molecule has 0 aliphatic carbocycles. The average Bonchev–Trinajstić information content (AvgIpc) is 2.76. The summed E-state index contributed by atoms with van der Waals surface area (Å²) in [7, 11) is 1.76. The number of anilines is 1. The molecule has 1 aromatic heterocycles. The molecule has 96 valence electrons. The molecule has 0 aliphatic heterocycles. The van der Waals surface area contributed by atoms with Crippen LogP contribution >= 0.6 is 11.3 Å². The van der Waals surface area contributed by atoms with Crippen LogP contribution in [0.2, 0.25) is 0 Å². The van der Waals surface area contributed by atoms with Crippen molar-refractivity contribution in [3.63, 3.8) is 0 Å². The number of nitrogens with one attached hydrogen (secondary N) is 2. The Morgan fingerprint density at radius 1 is 1.59 bits per heavy atom. The van der Waals surface area contributed by atoms with E-state index in [1.54, 1.807) is 11.9 Å². The third-order valence-electron chi connectivity index (χ3n) is 2.51. The fourth-order valence-corrected chi connectivity index (χ4v) is 2.08. The first-order chi connectivity index (χ1) is 8.08. The van der Waals surface area contributed by atoms with Crippen molar-refractivity contribution in [1.29, 1.82) is 0 Å². The Hall–Kier alpha value is -1.14.